The fourth-order valence-electron chi connectivity index (χ4n) is 4.04. The SMILES string of the molecule is CCNCC1(CN(C)C2CCS(=O)(=O)C2)CCCCCC1. The van der Waals surface area contributed by atoms with Crippen LogP contribution >= 0.6 is 0 Å². The topological polar surface area (TPSA) is 49.4 Å². The lowest BCUT2D eigenvalue weighted by Crippen LogP contribution is -2.46. The third-order valence-electron chi connectivity index (χ3n) is 5.33. The lowest BCUT2D eigenvalue weighted by Gasteiger charge is -2.39. The van der Waals surface area contributed by atoms with Gasteiger partial charge >= 0.3 is 0 Å². The van der Waals surface area contributed by atoms with E-state index < -0.39 is 9.84 Å². The molecule has 1 aliphatic carbocycles. The fraction of sp³-hybridized carbons (Fsp3) is 1.00. The number of nitrogens with zero attached hydrogens (tertiary/aromatic N) is 1. The van der Waals surface area contributed by atoms with Gasteiger partial charge < -0.3 is 10.2 Å². The molecule has 5 heteroatoms. The normalized spacial score (nSPS) is 28.6. The Hall–Kier alpha value is -0.130. The van der Waals surface area contributed by atoms with Gasteiger partial charge in [-0.05, 0) is 38.3 Å². The first-order valence-corrected chi connectivity index (χ1v) is 10.4. The molecule has 1 saturated heterocycles. The van der Waals surface area contributed by atoms with Gasteiger partial charge in [0.15, 0.2) is 9.84 Å². The molecule has 0 amide bonds. The Labute approximate surface area is 130 Å². The smallest absolute Gasteiger partial charge is 0.151 e. The van der Waals surface area contributed by atoms with Crippen LogP contribution in [0.2, 0.25) is 0 Å². The summed E-state index contributed by atoms with van der Waals surface area (Å²) in [5.74, 6) is 0.739. The van der Waals surface area contributed by atoms with Gasteiger partial charge in [0.1, 0.15) is 0 Å². The van der Waals surface area contributed by atoms with Gasteiger partial charge in [-0.3, -0.25) is 0 Å². The van der Waals surface area contributed by atoms with Crippen LogP contribution in [0.4, 0.5) is 0 Å². The minimum Gasteiger partial charge on any atom is -0.316 e. The highest BCUT2D eigenvalue weighted by atomic mass is 32.2. The van der Waals surface area contributed by atoms with Gasteiger partial charge in [0.2, 0.25) is 0 Å². The van der Waals surface area contributed by atoms with Crippen molar-refractivity contribution in [3.05, 3.63) is 0 Å². The van der Waals surface area contributed by atoms with Gasteiger partial charge in [0, 0.05) is 19.1 Å². The quantitative estimate of drug-likeness (QED) is 0.762. The highest BCUT2D eigenvalue weighted by molar-refractivity contribution is 7.91. The molecule has 1 atom stereocenters. The van der Waals surface area contributed by atoms with Crippen molar-refractivity contribution in [2.45, 2.75) is 57.9 Å². The number of nitrogens with one attached hydrogen (secondary N) is 1. The van der Waals surface area contributed by atoms with Crippen molar-refractivity contribution < 1.29 is 8.42 Å². The van der Waals surface area contributed by atoms with E-state index in [2.05, 4.69) is 24.2 Å². The second-order valence-corrected chi connectivity index (χ2v) is 9.40. The summed E-state index contributed by atoms with van der Waals surface area (Å²) in [6.45, 7) is 5.30. The van der Waals surface area contributed by atoms with Crippen molar-refractivity contribution in [3.63, 3.8) is 0 Å². The van der Waals surface area contributed by atoms with Gasteiger partial charge in [0.05, 0.1) is 11.5 Å². The predicted octanol–water partition coefficient (Wildman–Crippen LogP) is 2.06. The van der Waals surface area contributed by atoms with Crippen LogP contribution < -0.4 is 5.32 Å². The van der Waals surface area contributed by atoms with Gasteiger partial charge in [-0.2, -0.15) is 0 Å². The third kappa shape index (κ3) is 4.93. The molecule has 1 heterocycles. The Kier molecular flexibility index (Phi) is 6.09. The Morgan fingerprint density at radius 3 is 2.38 bits per heavy atom. The molecule has 0 spiro atoms. The van der Waals surface area contributed by atoms with E-state index >= 15 is 0 Å². The second kappa shape index (κ2) is 7.42. The summed E-state index contributed by atoms with van der Waals surface area (Å²) in [4.78, 5) is 2.34. The minimum atomic E-state index is -2.78. The molecule has 1 aliphatic heterocycles. The molecule has 2 rings (SSSR count). The highest BCUT2D eigenvalue weighted by Gasteiger charge is 2.36. The molecule has 2 aliphatic rings. The minimum absolute atomic E-state index is 0.233. The summed E-state index contributed by atoms with van der Waals surface area (Å²) in [7, 11) is -0.653. The van der Waals surface area contributed by atoms with E-state index in [0.29, 0.717) is 16.9 Å². The molecule has 2 fully saturated rings. The van der Waals surface area contributed by atoms with Crippen molar-refractivity contribution in [3.8, 4) is 0 Å². The average molecular weight is 317 g/mol. The van der Waals surface area contributed by atoms with Crippen molar-refractivity contribution in [2.75, 3.05) is 38.2 Å². The lowest BCUT2D eigenvalue weighted by atomic mass is 9.79. The molecule has 1 saturated carbocycles. The van der Waals surface area contributed by atoms with Crippen LogP contribution in [0, 0.1) is 5.41 Å². The van der Waals surface area contributed by atoms with E-state index in [1.807, 2.05) is 0 Å². The van der Waals surface area contributed by atoms with Crippen LogP contribution in [0.1, 0.15) is 51.9 Å². The fourth-order valence-corrected chi connectivity index (χ4v) is 5.85. The van der Waals surface area contributed by atoms with Crippen LogP contribution in [0.3, 0.4) is 0 Å². The summed E-state index contributed by atoms with van der Waals surface area (Å²) in [6, 6.07) is 0.233. The van der Waals surface area contributed by atoms with Crippen molar-refractivity contribution in [1.82, 2.24) is 10.2 Å². The molecule has 1 N–H and O–H groups in total. The van der Waals surface area contributed by atoms with Gasteiger partial charge in [-0.25, -0.2) is 8.42 Å². The lowest BCUT2D eigenvalue weighted by molar-refractivity contribution is 0.122. The molecule has 124 valence electrons. The predicted molar refractivity (Wildman–Crippen MR) is 88.4 cm³/mol. The van der Waals surface area contributed by atoms with E-state index in [-0.39, 0.29) is 6.04 Å². The molecule has 0 radical (unpaired) electrons. The van der Waals surface area contributed by atoms with E-state index in [1.54, 1.807) is 0 Å². The second-order valence-electron chi connectivity index (χ2n) is 7.17. The van der Waals surface area contributed by atoms with E-state index in [0.717, 1.165) is 26.1 Å². The van der Waals surface area contributed by atoms with Crippen molar-refractivity contribution >= 4 is 9.84 Å². The summed E-state index contributed by atoms with van der Waals surface area (Å²) >= 11 is 0. The van der Waals surface area contributed by atoms with E-state index in [4.69, 9.17) is 0 Å². The molecule has 0 aromatic rings. The van der Waals surface area contributed by atoms with Crippen LogP contribution in [-0.2, 0) is 9.84 Å². The van der Waals surface area contributed by atoms with Crippen LogP contribution in [-0.4, -0.2) is 57.5 Å². The zero-order valence-electron chi connectivity index (χ0n) is 13.7. The van der Waals surface area contributed by atoms with E-state index in [9.17, 15) is 8.42 Å². The molecule has 0 bridgehead atoms. The van der Waals surface area contributed by atoms with Crippen LogP contribution in [0.25, 0.3) is 0 Å². The Morgan fingerprint density at radius 1 is 1.19 bits per heavy atom. The Morgan fingerprint density at radius 2 is 1.86 bits per heavy atom. The van der Waals surface area contributed by atoms with Gasteiger partial charge in [-0.1, -0.05) is 32.6 Å². The summed E-state index contributed by atoms with van der Waals surface area (Å²) in [5, 5.41) is 3.55. The molecular weight excluding hydrogens is 284 g/mol. The third-order valence-corrected chi connectivity index (χ3v) is 7.08. The molecule has 0 aromatic heterocycles. The highest BCUT2D eigenvalue weighted by Crippen LogP contribution is 2.36. The molecule has 0 aromatic carbocycles. The average Bonchev–Trinajstić information content (AvgIpc) is 2.66. The zero-order valence-corrected chi connectivity index (χ0v) is 14.6. The molecular formula is C16H32N2O2S. The van der Waals surface area contributed by atoms with Crippen LogP contribution in [0.15, 0.2) is 0 Å². The van der Waals surface area contributed by atoms with Gasteiger partial charge in [-0.15, -0.1) is 0 Å². The maximum absolute atomic E-state index is 11.7. The van der Waals surface area contributed by atoms with Crippen LogP contribution in [0.5, 0.6) is 0 Å². The summed E-state index contributed by atoms with van der Waals surface area (Å²) in [6.07, 6.45) is 8.74. The monoisotopic (exact) mass is 316 g/mol. The summed E-state index contributed by atoms with van der Waals surface area (Å²) < 4.78 is 23.4. The number of rotatable bonds is 6. The molecule has 1 unspecified atom stereocenters. The zero-order chi connectivity index (χ0) is 15.3. The standard InChI is InChI=1S/C16H32N2O2S/c1-3-17-13-16(9-6-4-5-7-10-16)14-18(2)15-8-11-21(19,20)12-15/h15,17H,3-14H2,1-2H3. The number of sulfone groups is 1. The van der Waals surface area contributed by atoms with Crippen molar-refractivity contribution in [2.24, 2.45) is 5.41 Å². The Bertz CT molecular complexity index is 414. The molecule has 21 heavy (non-hydrogen) atoms. The molecule has 4 nitrogen and oxygen atoms in total. The number of hydrogen-bond acceptors (Lipinski definition) is 4. The first kappa shape index (κ1) is 17.2. The van der Waals surface area contributed by atoms with E-state index in [1.165, 1.54) is 38.5 Å². The number of hydrogen-bond donors (Lipinski definition) is 1. The maximum atomic E-state index is 11.7. The summed E-state index contributed by atoms with van der Waals surface area (Å²) in [5.41, 5.74) is 0.341. The maximum Gasteiger partial charge on any atom is 0.151 e. The largest absolute Gasteiger partial charge is 0.316 e. The Balaban J connectivity index is 2.00. The first-order valence-electron chi connectivity index (χ1n) is 8.58. The first-order chi connectivity index (χ1) is 9.96. The van der Waals surface area contributed by atoms with Crippen molar-refractivity contribution in [1.29, 1.82) is 0 Å². The van der Waals surface area contributed by atoms with Gasteiger partial charge in [0.25, 0.3) is 0 Å².